The molecule has 1 heterocycles. The number of aryl methyl sites for hydroxylation is 1. The maximum atomic E-state index is 12.9. The number of allylic oxidation sites excluding steroid dienone is 1. The van der Waals surface area contributed by atoms with Crippen LogP contribution in [-0.4, -0.2) is 11.9 Å². The Morgan fingerprint density at radius 3 is 2.44 bits per heavy atom. The molecule has 5 nitrogen and oxygen atoms in total. The highest BCUT2D eigenvalue weighted by atomic mass is 79.9. The van der Waals surface area contributed by atoms with Crippen molar-refractivity contribution in [2.24, 2.45) is 0 Å². The van der Waals surface area contributed by atoms with Crippen LogP contribution in [0.1, 0.15) is 24.1 Å². The monoisotopic (exact) mass is 399 g/mol. The number of carbonyl (C=O) groups is 2. The number of benzene rings is 2. The third-order valence-corrected chi connectivity index (χ3v) is 4.64. The molecule has 0 aliphatic carbocycles. The summed E-state index contributed by atoms with van der Waals surface area (Å²) in [6.45, 7) is 3.67. The number of anilines is 1. The fourth-order valence-electron chi connectivity index (χ4n) is 2.80. The molecule has 0 saturated heterocycles. The van der Waals surface area contributed by atoms with Crippen molar-refractivity contribution in [2.45, 2.75) is 19.9 Å². The highest BCUT2D eigenvalue weighted by Crippen LogP contribution is 2.29. The van der Waals surface area contributed by atoms with E-state index in [0.29, 0.717) is 11.3 Å². The zero-order chi connectivity index (χ0) is 18.0. The molecule has 0 bridgehead atoms. The van der Waals surface area contributed by atoms with Crippen molar-refractivity contribution in [1.82, 2.24) is 10.6 Å². The normalized spacial score (nSPS) is 16.9. The average molecular weight is 400 g/mol. The summed E-state index contributed by atoms with van der Waals surface area (Å²) in [5.41, 5.74) is 3.60. The molecule has 3 amide bonds. The fraction of sp³-hybridized carbons (Fsp3) is 0.158. The molecule has 128 valence electrons. The molecular weight excluding hydrogens is 382 g/mol. The Balaban J connectivity index is 1.96. The van der Waals surface area contributed by atoms with E-state index in [1.165, 1.54) is 0 Å². The predicted octanol–water partition coefficient (Wildman–Crippen LogP) is 4.02. The lowest BCUT2D eigenvalue weighted by molar-refractivity contribution is -0.113. The molecule has 3 N–H and O–H groups in total. The van der Waals surface area contributed by atoms with Crippen LogP contribution in [0.2, 0.25) is 0 Å². The van der Waals surface area contributed by atoms with Gasteiger partial charge in [-0.3, -0.25) is 4.79 Å². The van der Waals surface area contributed by atoms with E-state index in [-0.39, 0.29) is 11.9 Å². The number of para-hydroxylation sites is 1. The molecule has 3 rings (SSSR count). The average Bonchev–Trinajstić information content (AvgIpc) is 2.57. The van der Waals surface area contributed by atoms with Gasteiger partial charge in [0.1, 0.15) is 0 Å². The Labute approximate surface area is 154 Å². The summed E-state index contributed by atoms with van der Waals surface area (Å²) in [6.07, 6.45) is 0. The maximum absolute atomic E-state index is 12.9. The first kappa shape index (κ1) is 17.2. The van der Waals surface area contributed by atoms with Crippen LogP contribution >= 0.6 is 15.9 Å². The Morgan fingerprint density at radius 2 is 1.76 bits per heavy atom. The van der Waals surface area contributed by atoms with Crippen LogP contribution in [0.25, 0.3) is 0 Å². The van der Waals surface area contributed by atoms with E-state index in [2.05, 4.69) is 31.9 Å². The number of carbonyl (C=O) groups excluding carboxylic acids is 2. The molecule has 0 saturated carbocycles. The minimum Gasteiger partial charge on any atom is -0.327 e. The molecule has 1 aliphatic rings. The number of hydrogen-bond donors (Lipinski definition) is 3. The van der Waals surface area contributed by atoms with Gasteiger partial charge in [0.25, 0.3) is 5.91 Å². The number of urea groups is 1. The van der Waals surface area contributed by atoms with Crippen LogP contribution in [-0.2, 0) is 4.79 Å². The summed E-state index contributed by atoms with van der Waals surface area (Å²) < 4.78 is 0.933. The van der Waals surface area contributed by atoms with Crippen molar-refractivity contribution in [3.8, 4) is 0 Å². The molecule has 1 atom stereocenters. The first-order valence-electron chi connectivity index (χ1n) is 7.86. The van der Waals surface area contributed by atoms with Gasteiger partial charge in [-0.1, -0.05) is 46.3 Å². The molecule has 25 heavy (non-hydrogen) atoms. The lowest BCUT2D eigenvalue weighted by Crippen LogP contribution is -2.46. The molecule has 2 aromatic rings. The molecule has 6 heteroatoms. The first-order valence-corrected chi connectivity index (χ1v) is 8.65. The summed E-state index contributed by atoms with van der Waals surface area (Å²) >= 11 is 3.40. The largest absolute Gasteiger partial charge is 0.327 e. The molecule has 0 fully saturated rings. The molecule has 0 aromatic heterocycles. The standard InChI is InChI=1S/C19H18BrN3O2/c1-11-5-3-4-6-15(11)22-18(24)16-12(2)21-19(25)23-17(16)13-7-9-14(20)10-8-13/h3-10,17H,1-2H3,(H,22,24)(H2,21,23,25). The summed E-state index contributed by atoms with van der Waals surface area (Å²) in [5, 5.41) is 8.45. The zero-order valence-corrected chi connectivity index (χ0v) is 15.5. The maximum Gasteiger partial charge on any atom is 0.319 e. The van der Waals surface area contributed by atoms with Crippen LogP contribution < -0.4 is 16.0 Å². The van der Waals surface area contributed by atoms with E-state index < -0.39 is 6.04 Å². The summed E-state index contributed by atoms with van der Waals surface area (Å²) in [7, 11) is 0. The summed E-state index contributed by atoms with van der Waals surface area (Å²) in [4.78, 5) is 24.8. The summed E-state index contributed by atoms with van der Waals surface area (Å²) in [6, 6.07) is 14.3. The van der Waals surface area contributed by atoms with Gasteiger partial charge < -0.3 is 16.0 Å². The molecule has 1 aliphatic heterocycles. The number of amides is 3. The van der Waals surface area contributed by atoms with E-state index in [9.17, 15) is 9.59 Å². The Hall–Kier alpha value is -2.60. The highest BCUT2D eigenvalue weighted by molar-refractivity contribution is 9.10. The van der Waals surface area contributed by atoms with Crippen molar-refractivity contribution in [3.63, 3.8) is 0 Å². The third kappa shape index (κ3) is 3.74. The lowest BCUT2D eigenvalue weighted by atomic mass is 9.95. The van der Waals surface area contributed by atoms with E-state index in [4.69, 9.17) is 0 Å². The smallest absolute Gasteiger partial charge is 0.319 e. The minimum atomic E-state index is -0.508. The van der Waals surface area contributed by atoms with Crippen molar-refractivity contribution >= 4 is 33.6 Å². The summed E-state index contributed by atoms with van der Waals surface area (Å²) in [5.74, 6) is -0.243. The molecule has 0 spiro atoms. The van der Waals surface area contributed by atoms with Crippen molar-refractivity contribution in [2.75, 3.05) is 5.32 Å². The van der Waals surface area contributed by atoms with Gasteiger partial charge in [-0.2, -0.15) is 0 Å². The third-order valence-electron chi connectivity index (χ3n) is 4.11. The van der Waals surface area contributed by atoms with Crippen molar-refractivity contribution in [1.29, 1.82) is 0 Å². The van der Waals surface area contributed by atoms with Crippen molar-refractivity contribution in [3.05, 3.63) is 75.4 Å². The van der Waals surface area contributed by atoms with Gasteiger partial charge in [0.15, 0.2) is 0 Å². The molecule has 0 radical (unpaired) electrons. The van der Waals surface area contributed by atoms with Gasteiger partial charge in [0.2, 0.25) is 0 Å². The zero-order valence-electron chi connectivity index (χ0n) is 13.9. The molecule has 2 aromatic carbocycles. The van der Waals surface area contributed by atoms with Crippen LogP contribution in [0.15, 0.2) is 64.3 Å². The second-order valence-corrected chi connectivity index (χ2v) is 6.81. The molecule has 1 unspecified atom stereocenters. The van der Waals surface area contributed by atoms with Crippen LogP contribution in [0.3, 0.4) is 0 Å². The van der Waals surface area contributed by atoms with E-state index in [1.54, 1.807) is 6.92 Å². The van der Waals surface area contributed by atoms with E-state index >= 15 is 0 Å². The quantitative estimate of drug-likeness (QED) is 0.728. The number of rotatable bonds is 3. The van der Waals surface area contributed by atoms with Crippen LogP contribution in [0.4, 0.5) is 10.5 Å². The second-order valence-electron chi connectivity index (χ2n) is 5.89. The van der Waals surface area contributed by atoms with Crippen LogP contribution in [0, 0.1) is 6.92 Å². The Bertz CT molecular complexity index is 859. The van der Waals surface area contributed by atoms with Gasteiger partial charge in [0.05, 0.1) is 11.6 Å². The Kier molecular flexibility index (Phi) is 4.90. The second kappa shape index (κ2) is 7.11. The SMILES string of the molecule is CC1=C(C(=O)Nc2ccccc2C)C(c2ccc(Br)cc2)NC(=O)N1. The van der Waals surface area contributed by atoms with E-state index in [0.717, 1.165) is 21.3 Å². The number of hydrogen-bond acceptors (Lipinski definition) is 2. The fourth-order valence-corrected chi connectivity index (χ4v) is 3.07. The van der Waals surface area contributed by atoms with Crippen molar-refractivity contribution < 1.29 is 9.59 Å². The van der Waals surface area contributed by atoms with E-state index in [1.807, 2.05) is 55.5 Å². The van der Waals surface area contributed by atoms with Gasteiger partial charge in [-0.25, -0.2) is 4.79 Å². The van der Waals surface area contributed by atoms with Gasteiger partial charge in [-0.15, -0.1) is 0 Å². The molecular formula is C19H18BrN3O2. The lowest BCUT2D eigenvalue weighted by Gasteiger charge is -2.28. The van der Waals surface area contributed by atoms with Gasteiger partial charge in [0, 0.05) is 15.9 Å². The Morgan fingerprint density at radius 1 is 1.08 bits per heavy atom. The highest BCUT2D eigenvalue weighted by Gasteiger charge is 2.31. The predicted molar refractivity (Wildman–Crippen MR) is 101 cm³/mol. The minimum absolute atomic E-state index is 0.243. The van der Waals surface area contributed by atoms with Gasteiger partial charge >= 0.3 is 6.03 Å². The van der Waals surface area contributed by atoms with Gasteiger partial charge in [-0.05, 0) is 43.2 Å². The first-order chi connectivity index (χ1) is 12.0. The topological polar surface area (TPSA) is 70.2 Å². The number of halogens is 1. The van der Waals surface area contributed by atoms with Crippen LogP contribution in [0.5, 0.6) is 0 Å². The number of nitrogens with one attached hydrogen (secondary N) is 3.